The van der Waals surface area contributed by atoms with Gasteiger partial charge in [-0.2, -0.15) is 4.31 Å². The van der Waals surface area contributed by atoms with Gasteiger partial charge in [-0.3, -0.25) is 4.98 Å². The molecule has 106 valence electrons. The van der Waals surface area contributed by atoms with Crippen molar-refractivity contribution in [2.24, 2.45) is 0 Å². The maximum atomic E-state index is 11.9. The van der Waals surface area contributed by atoms with Crippen molar-refractivity contribution >= 4 is 10.0 Å². The molecule has 0 saturated carbocycles. The molecule has 2 aromatic heterocycles. The molecule has 3 heterocycles. The molecule has 1 N–H and O–H groups in total. The Morgan fingerprint density at radius 3 is 2.75 bits per heavy atom. The molecular formula is C12H15N5O2S. The van der Waals surface area contributed by atoms with Crippen LogP contribution in [0.1, 0.15) is 24.6 Å². The Bertz CT molecular complexity index is 698. The van der Waals surface area contributed by atoms with E-state index in [0.29, 0.717) is 23.8 Å². The summed E-state index contributed by atoms with van der Waals surface area (Å²) in [5.41, 5.74) is 1.27. The summed E-state index contributed by atoms with van der Waals surface area (Å²) in [5, 5.41) is 0. The van der Waals surface area contributed by atoms with E-state index < -0.39 is 10.0 Å². The first-order valence-electron chi connectivity index (χ1n) is 6.35. The summed E-state index contributed by atoms with van der Waals surface area (Å²) in [5.74, 6) is 0.605. The molecule has 20 heavy (non-hydrogen) atoms. The molecule has 2 aromatic rings. The van der Waals surface area contributed by atoms with E-state index >= 15 is 0 Å². The van der Waals surface area contributed by atoms with Gasteiger partial charge in [0.05, 0.1) is 18.0 Å². The van der Waals surface area contributed by atoms with Crippen LogP contribution in [-0.2, 0) is 10.0 Å². The third-order valence-electron chi connectivity index (χ3n) is 3.39. The molecule has 1 fully saturated rings. The lowest BCUT2D eigenvalue weighted by Gasteiger charge is -2.22. The van der Waals surface area contributed by atoms with Crippen LogP contribution < -0.4 is 0 Å². The number of sulfonamides is 1. The van der Waals surface area contributed by atoms with Crippen molar-refractivity contribution in [2.45, 2.75) is 18.9 Å². The number of hydrogen-bond donors (Lipinski definition) is 1. The summed E-state index contributed by atoms with van der Waals surface area (Å²) in [6.45, 7) is 0.525. The lowest BCUT2D eigenvalue weighted by Crippen LogP contribution is -2.30. The predicted molar refractivity (Wildman–Crippen MR) is 73.1 cm³/mol. The number of nitrogens with zero attached hydrogens (tertiary/aromatic N) is 4. The largest absolute Gasteiger partial charge is 0.343 e. The zero-order chi connectivity index (χ0) is 14.2. The summed E-state index contributed by atoms with van der Waals surface area (Å²) < 4.78 is 25.2. The van der Waals surface area contributed by atoms with Crippen LogP contribution in [0.25, 0.3) is 11.5 Å². The highest BCUT2D eigenvalue weighted by atomic mass is 32.2. The van der Waals surface area contributed by atoms with Gasteiger partial charge >= 0.3 is 0 Å². The second kappa shape index (κ2) is 4.95. The fourth-order valence-electron chi connectivity index (χ4n) is 2.58. The number of aromatic nitrogens is 4. The molecule has 0 unspecified atom stereocenters. The lowest BCUT2D eigenvalue weighted by molar-refractivity contribution is 0.394. The van der Waals surface area contributed by atoms with E-state index in [1.165, 1.54) is 10.6 Å². The van der Waals surface area contributed by atoms with Crippen molar-refractivity contribution in [1.29, 1.82) is 0 Å². The first-order valence-corrected chi connectivity index (χ1v) is 8.19. The van der Waals surface area contributed by atoms with Crippen LogP contribution in [0.2, 0.25) is 0 Å². The Labute approximate surface area is 117 Å². The van der Waals surface area contributed by atoms with E-state index in [0.717, 1.165) is 12.8 Å². The zero-order valence-electron chi connectivity index (χ0n) is 11.0. The SMILES string of the molecule is CS(=O)(=O)N1CCC[C@@H]1c1nccnc1-c1ncc[nH]1. The van der Waals surface area contributed by atoms with E-state index in [1.54, 1.807) is 24.8 Å². The number of nitrogens with one attached hydrogen (secondary N) is 1. The molecule has 0 spiro atoms. The van der Waals surface area contributed by atoms with Gasteiger partial charge in [0.2, 0.25) is 10.0 Å². The molecule has 1 atom stereocenters. The Hall–Kier alpha value is -1.80. The van der Waals surface area contributed by atoms with Crippen molar-refractivity contribution in [3.63, 3.8) is 0 Å². The maximum Gasteiger partial charge on any atom is 0.211 e. The fourth-order valence-corrected chi connectivity index (χ4v) is 3.71. The normalized spacial score (nSPS) is 20.4. The van der Waals surface area contributed by atoms with Gasteiger partial charge < -0.3 is 4.98 Å². The van der Waals surface area contributed by atoms with E-state index in [9.17, 15) is 8.42 Å². The minimum Gasteiger partial charge on any atom is -0.343 e. The molecule has 7 nitrogen and oxygen atoms in total. The van der Waals surface area contributed by atoms with Crippen molar-refractivity contribution < 1.29 is 8.42 Å². The molecule has 0 aromatic carbocycles. The van der Waals surface area contributed by atoms with Gasteiger partial charge in [-0.05, 0) is 12.8 Å². The molecular weight excluding hydrogens is 278 g/mol. The highest BCUT2D eigenvalue weighted by molar-refractivity contribution is 7.88. The molecule has 3 rings (SSSR count). The molecule has 0 bridgehead atoms. The van der Waals surface area contributed by atoms with Crippen LogP contribution in [0.5, 0.6) is 0 Å². The van der Waals surface area contributed by atoms with E-state index in [-0.39, 0.29) is 6.04 Å². The van der Waals surface area contributed by atoms with Crippen molar-refractivity contribution in [2.75, 3.05) is 12.8 Å². The van der Waals surface area contributed by atoms with Gasteiger partial charge in [-0.1, -0.05) is 0 Å². The summed E-state index contributed by atoms with van der Waals surface area (Å²) in [6.07, 6.45) is 9.31. The molecule has 1 aliphatic rings. The quantitative estimate of drug-likeness (QED) is 0.910. The van der Waals surface area contributed by atoms with Crippen LogP contribution in [0.15, 0.2) is 24.8 Å². The Kier molecular flexibility index (Phi) is 3.27. The number of H-pyrrole nitrogens is 1. The van der Waals surface area contributed by atoms with Crippen LogP contribution in [0.4, 0.5) is 0 Å². The maximum absolute atomic E-state index is 11.9. The lowest BCUT2D eigenvalue weighted by atomic mass is 10.1. The summed E-state index contributed by atoms with van der Waals surface area (Å²) in [7, 11) is -3.25. The Morgan fingerprint density at radius 1 is 1.25 bits per heavy atom. The van der Waals surface area contributed by atoms with E-state index in [1.807, 2.05) is 0 Å². The predicted octanol–water partition coefficient (Wildman–Crippen LogP) is 0.963. The van der Waals surface area contributed by atoms with Gasteiger partial charge in [-0.15, -0.1) is 0 Å². The van der Waals surface area contributed by atoms with E-state index in [2.05, 4.69) is 19.9 Å². The smallest absolute Gasteiger partial charge is 0.211 e. The zero-order valence-corrected chi connectivity index (χ0v) is 11.8. The van der Waals surface area contributed by atoms with Gasteiger partial charge in [0.1, 0.15) is 5.69 Å². The molecule has 0 amide bonds. The van der Waals surface area contributed by atoms with E-state index in [4.69, 9.17) is 0 Å². The number of aromatic amines is 1. The molecule has 0 aliphatic carbocycles. The number of hydrogen-bond acceptors (Lipinski definition) is 5. The third-order valence-corrected chi connectivity index (χ3v) is 4.68. The standard InChI is InChI=1S/C12H15N5O2S/c1-20(18,19)17-8-2-3-9(17)10-11(14-5-4-13-10)12-15-6-7-16-12/h4-7,9H,2-3,8H2,1H3,(H,15,16)/t9-/m1/s1. The summed E-state index contributed by atoms with van der Waals surface area (Å²) in [4.78, 5) is 15.8. The third kappa shape index (κ3) is 2.32. The second-order valence-corrected chi connectivity index (χ2v) is 6.69. The van der Waals surface area contributed by atoms with Crippen LogP contribution in [0.3, 0.4) is 0 Å². The van der Waals surface area contributed by atoms with Crippen molar-refractivity contribution in [3.05, 3.63) is 30.5 Å². The van der Waals surface area contributed by atoms with Crippen molar-refractivity contribution in [3.8, 4) is 11.5 Å². The highest BCUT2D eigenvalue weighted by Gasteiger charge is 2.35. The second-order valence-electron chi connectivity index (χ2n) is 4.76. The molecule has 1 aliphatic heterocycles. The fraction of sp³-hybridized carbons (Fsp3) is 0.417. The number of rotatable bonds is 3. The minimum atomic E-state index is -3.25. The first-order chi connectivity index (χ1) is 9.57. The van der Waals surface area contributed by atoms with Crippen molar-refractivity contribution in [1.82, 2.24) is 24.2 Å². The highest BCUT2D eigenvalue weighted by Crippen LogP contribution is 2.35. The van der Waals surface area contributed by atoms with Crippen LogP contribution in [-0.4, -0.2) is 45.5 Å². The van der Waals surface area contributed by atoms with Crippen LogP contribution >= 0.6 is 0 Å². The Morgan fingerprint density at radius 2 is 2.05 bits per heavy atom. The first kappa shape index (κ1) is 13.2. The topological polar surface area (TPSA) is 91.8 Å². The summed E-state index contributed by atoms with van der Waals surface area (Å²) >= 11 is 0. The minimum absolute atomic E-state index is 0.265. The van der Waals surface area contributed by atoms with Gasteiger partial charge in [0, 0.05) is 31.3 Å². The average molecular weight is 293 g/mol. The molecule has 0 radical (unpaired) electrons. The van der Waals surface area contributed by atoms with Gasteiger partial charge in [0.15, 0.2) is 5.82 Å². The Balaban J connectivity index is 2.07. The van der Waals surface area contributed by atoms with Crippen LogP contribution in [0, 0.1) is 0 Å². The van der Waals surface area contributed by atoms with Gasteiger partial charge in [0.25, 0.3) is 0 Å². The molecule has 8 heteroatoms. The number of imidazole rings is 1. The average Bonchev–Trinajstić information content (AvgIpc) is 3.09. The molecule has 1 saturated heterocycles. The monoisotopic (exact) mass is 293 g/mol. The van der Waals surface area contributed by atoms with Gasteiger partial charge in [-0.25, -0.2) is 18.4 Å². The summed E-state index contributed by atoms with van der Waals surface area (Å²) in [6, 6.07) is -0.265.